The molecule has 2 aromatic carbocycles. The first-order chi connectivity index (χ1) is 16.0. The topological polar surface area (TPSA) is 65.1 Å². The van der Waals surface area contributed by atoms with Gasteiger partial charge in [0.15, 0.2) is 12.4 Å². The van der Waals surface area contributed by atoms with Crippen LogP contribution in [0.1, 0.15) is 67.1 Å². The predicted molar refractivity (Wildman–Crippen MR) is 131 cm³/mol. The van der Waals surface area contributed by atoms with E-state index < -0.39 is 5.60 Å². The van der Waals surface area contributed by atoms with Crippen molar-refractivity contribution >= 4 is 11.7 Å². The summed E-state index contributed by atoms with van der Waals surface area (Å²) in [5, 5.41) is 0. The summed E-state index contributed by atoms with van der Waals surface area (Å²) in [7, 11) is 1.64. The molecule has 0 unspecified atom stereocenters. The number of amides is 1. The maximum atomic E-state index is 13.0. The Hall–Kier alpha value is -3.02. The van der Waals surface area contributed by atoms with Gasteiger partial charge in [0, 0.05) is 31.5 Å². The largest absolute Gasteiger partial charge is 0.497 e. The first-order valence-corrected chi connectivity index (χ1v) is 11.9. The van der Waals surface area contributed by atoms with Crippen molar-refractivity contribution in [3.8, 4) is 17.2 Å². The fraction of sp³-hybridized carbons (Fsp3) is 0.500. The number of fused-ring (bicyclic) bond motifs is 1. The molecule has 1 amide bonds. The molecule has 1 spiro atoms. The Labute approximate surface area is 202 Å². The molecule has 6 heteroatoms. The minimum atomic E-state index is -0.532. The highest BCUT2D eigenvalue weighted by Gasteiger charge is 2.44. The van der Waals surface area contributed by atoms with Gasteiger partial charge < -0.3 is 19.1 Å². The fourth-order valence-electron chi connectivity index (χ4n) is 4.80. The molecular weight excluding hydrogens is 430 g/mol. The van der Waals surface area contributed by atoms with Crippen molar-refractivity contribution in [2.24, 2.45) is 0 Å². The molecule has 1 fully saturated rings. The molecule has 0 radical (unpaired) electrons. The Bertz CT molecular complexity index is 1110. The predicted octanol–water partition coefficient (Wildman–Crippen LogP) is 5.01. The Kier molecular flexibility index (Phi) is 6.36. The number of carbonyl (C=O) groups excluding carboxylic acids is 2. The number of hydrogen-bond donors (Lipinski definition) is 0. The molecule has 0 saturated carbocycles. The van der Waals surface area contributed by atoms with Crippen molar-refractivity contribution in [2.45, 2.75) is 64.9 Å². The molecule has 2 aliphatic rings. The van der Waals surface area contributed by atoms with Crippen LogP contribution in [0.4, 0.5) is 0 Å². The molecule has 0 atom stereocenters. The molecular formula is C28H35NO5. The van der Waals surface area contributed by atoms with E-state index in [1.807, 2.05) is 49.1 Å². The maximum Gasteiger partial charge on any atom is 0.260 e. The third-order valence-corrected chi connectivity index (χ3v) is 7.15. The van der Waals surface area contributed by atoms with Gasteiger partial charge in [0.1, 0.15) is 22.8 Å². The van der Waals surface area contributed by atoms with E-state index in [-0.39, 0.29) is 23.7 Å². The summed E-state index contributed by atoms with van der Waals surface area (Å²) in [5.74, 6) is 2.24. The van der Waals surface area contributed by atoms with Gasteiger partial charge in [-0.3, -0.25) is 9.59 Å². The van der Waals surface area contributed by atoms with Gasteiger partial charge in [-0.1, -0.05) is 26.8 Å². The number of ketones is 1. The Morgan fingerprint density at radius 2 is 1.82 bits per heavy atom. The average Bonchev–Trinajstić information content (AvgIpc) is 2.80. The number of ether oxygens (including phenoxy) is 3. The van der Waals surface area contributed by atoms with Crippen LogP contribution in [-0.2, 0) is 10.2 Å². The normalized spacial score (nSPS) is 17.2. The van der Waals surface area contributed by atoms with Crippen LogP contribution in [0.2, 0.25) is 0 Å². The summed E-state index contributed by atoms with van der Waals surface area (Å²) in [4.78, 5) is 27.6. The number of benzene rings is 2. The molecule has 0 aliphatic carbocycles. The smallest absolute Gasteiger partial charge is 0.260 e. The number of likely N-dealkylation sites (tertiary alicyclic amines) is 1. The van der Waals surface area contributed by atoms with Crippen LogP contribution in [0.25, 0.3) is 0 Å². The van der Waals surface area contributed by atoms with Crippen molar-refractivity contribution < 1.29 is 23.8 Å². The Morgan fingerprint density at radius 3 is 2.47 bits per heavy atom. The molecule has 0 N–H and O–H groups in total. The number of hydrogen-bond acceptors (Lipinski definition) is 5. The first kappa shape index (κ1) is 24.1. The quantitative estimate of drug-likeness (QED) is 0.635. The second-order valence-corrected chi connectivity index (χ2v) is 10.6. The summed E-state index contributed by atoms with van der Waals surface area (Å²) >= 11 is 0. The minimum Gasteiger partial charge on any atom is -0.497 e. The van der Waals surface area contributed by atoms with E-state index in [0.29, 0.717) is 49.4 Å². The van der Waals surface area contributed by atoms with Gasteiger partial charge in [-0.05, 0) is 54.7 Å². The number of rotatable bonds is 4. The second kappa shape index (κ2) is 8.97. The lowest BCUT2D eigenvalue weighted by Crippen LogP contribution is -2.53. The summed E-state index contributed by atoms with van der Waals surface area (Å²) in [6.45, 7) is 11.4. The summed E-state index contributed by atoms with van der Waals surface area (Å²) < 4.78 is 17.8. The van der Waals surface area contributed by atoms with Crippen LogP contribution in [-0.4, -0.2) is 49.0 Å². The molecule has 0 bridgehead atoms. The van der Waals surface area contributed by atoms with Gasteiger partial charge in [-0.25, -0.2) is 0 Å². The number of aryl methyl sites for hydroxylation is 1. The van der Waals surface area contributed by atoms with E-state index in [1.165, 1.54) is 0 Å². The molecule has 2 aliphatic heterocycles. The second-order valence-electron chi connectivity index (χ2n) is 10.6. The lowest BCUT2D eigenvalue weighted by atomic mass is 9.81. The summed E-state index contributed by atoms with van der Waals surface area (Å²) in [6, 6.07) is 9.51. The molecule has 34 heavy (non-hydrogen) atoms. The average molecular weight is 466 g/mol. The van der Waals surface area contributed by atoms with E-state index in [4.69, 9.17) is 14.2 Å². The van der Waals surface area contributed by atoms with E-state index in [1.54, 1.807) is 7.11 Å². The number of methoxy groups -OCH3 is 1. The molecule has 1 saturated heterocycles. The Balaban J connectivity index is 1.40. The van der Waals surface area contributed by atoms with Crippen LogP contribution < -0.4 is 14.2 Å². The zero-order valence-electron chi connectivity index (χ0n) is 21.1. The van der Waals surface area contributed by atoms with E-state index in [0.717, 1.165) is 22.4 Å². The standard InChI is InChI=1S/C28H35NO5/c1-18-7-9-21-23(30)16-28(34-26(21)19(18)2)11-13-29(14-12-28)25(31)17-33-24-10-8-20(32-6)15-22(24)27(3,4)5/h7-10,15H,11-14,16-17H2,1-6H3. The van der Waals surface area contributed by atoms with Crippen LogP contribution in [0.5, 0.6) is 17.2 Å². The van der Waals surface area contributed by atoms with Gasteiger partial charge in [-0.2, -0.15) is 0 Å². The van der Waals surface area contributed by atoms with E-state index >= 15 is 0 Å². The van der Waals surface area contributed by atoms with Crippen molar-refractivity contribution in [1.82, 2.24) is 4.90 Å². The first-order valence-electron chi connectivity index (χ1n) is 11.9. The zero-order valence-corrected chi connectivity index (χ0v) is 21.1. The van der Waals surface area contributed by atoms with Crippen LogP contribution in [0.15, 0.2) is 30.3 Å². The van der Waals surface area contributed by atoms with Crippen LogP contribution >= 0.6 is 0 Å². The van der Waals surface area contributed by atoms with Gasteiger partial charge in [-0.15, -0.1) is 0 Å². The molecule has 2 aromatic rings. The molecule has 6 nitrogen and oxygen atoms in total. The van der Waals surface area contributed by atoms with Gasteiger partial charge in [0.05, 0.1) is 19.1 Å². The van der Waals surface area contributed by atoms with Crippen molar-refractivity contribution in [2.75, 3.05) is 26.8 Å². The zero-order chi connectivity index (χ0) is 24.7. The SMILES string of the molecule is COc1ccc(OCC(=O)N2CCC3(CC2)CC(=O)c2ccc(C)c(C)c2O3)c(C(C)(C)C)c1. The maximum absolute atomic E-state index is 13.0. The lowest BCUT2D eigenvalue weighted by molar-refractivity contribution is -0.137. The summed E-state index contributed by atoms with van der Waals surface area (Å²) in [6.07, 6.45) is 1.63. The van der Waals surface area contributed by atoms with Crippen molar-refractivity contribution in [3.63, 3.8) is 0 Å². The highest BCUT2D eigenvalue weighted by Crippen LogP contribution is 2.42. The van der Waals surface area contributed by atoms with Gasteiger partial charge in [0.25, 0.3) is 5.91 Å². The number of nitrogens with zero attached hydrogens (tertiary/aromatic N) is 1. The molecule has 2 heterocycles. The highest BCUT2D eigenvalue weighted by molar-refractivity contribution is 6.01. The number of Topliss-reactive ketones (excluding diaryl/α,β-unsaturated/α-hetero) is 1. The summed E-state index contributed by atoms with van der Waals surface area (Å²) in [5.41, 5.74) is 3.12. The fourth-order valence-corrected chi connectivity index (χ4v) is 4.80. The van der Waals surface area contributed by atoms with Crippen molar-refractivity contribution in [1.29, 1.82) is 0 Å². The minimum absolute atomic E-state index is 0.0245. The van der Waals surface area contributed by atoms with Gasteiger partial charge >= 0.3 is 0 Å². The lowest BCUT2D eigenvalue weighted by Gasteiger charge is -2.44. The third kappa shape index (κ3) is 4.63. The molecule has 182 valence electrons. The monoisotopic (exact) mass is 465 g/mol. The van der Waals surface area contributed by atoms with E-state index in [9.17, 15) is 9.59 Å². The van der Waals surface area contributed by atoms with Crippen LogP contribution in [0.3, 0.4) is 0 Å². The highest BCUT2D eigenvalue weighted by atomic mass is 16.5. The van der Waals surface area contributed by atoms with Gasteiger partial charge in [0.2, 0.25) is 0 Å². The molecule has 4 rings (SSSR count). The van der Waals surface area contributed by atoms with E-state index in [2.05, 4.69) is 20.8 Å². The number of piperidine rings is 1. The molecule has 0 aromatic heterocycles. The third-order valence-electron chi connectivity index (χ3n) is 7.15. The number of carbonyl (C=O) groups is 2. The van der Waals surface area contributed by atoms with Crippen LogP contribution in [0, 0.1) is 13.8 Å². The Morgan fingerprint density at radius 1 is 1.12 bits per heavy atom. The van der Waals surface area contributed by atoms with Crippen molar-refractivity contribution in [3.05, 3.63) is 52.6 Å².